The molecule has 0 spiro atoms. The van der Waals surface area contributed by atoms with Gasteiger partial charge in [0.15, 0.2) is 0 Å². The van der Waals surface area contributed by atoms with E-state index in [4.69, 9.17) is 0 Å². The number of phenolic OH excluding ortho intramolecular Hbond substituents is 1. The highest BCUT2D eigenvalue weighted by atomic mass is 16.3. The van der Waals surface area contributed by atoms with Crippen LogP contribution in [0.15, 0.2) is 18.2 Å². The molecule has 2 nitrogen and oxygen atoms in total. The molecule has 1 saturated heterocycles. The van der Waals surface area contributed by atoms with Crippen LogP contribution in [0.25, 0.3) is 0 Å². The first kappa shape index (κ1) is 12.7. The molecule has 2 bridgehead atoms. The van der Waals surface area contributed by atoms with Gasteiger partial charge >= 0.3 is 0 Å². The molecule has 2 heteroatoms. The van der Waals surface area contributed by atoms with E-state index in [2.05, 4.69) is 24.0 Å². The summed E-state index contributed by atoms with van der Waals surface area (Å²) < 4.78 is 0. The molecule has 0 amide bonds. The Kier molecular flexibility index (Phi) is 2.85. The summed E-state index contributed by atoms with van der Waals surface area (Å²) in [6.07, 6.45) is 7.96. The summed E-state index contributed by atoms with van der Waals surface area (Å²) in [6.45, 7) is 4.74. The number of benzene rings is 1. The van der Waals surface area contributed by atoms with E-state index < -0.39 is 0 Å². The minimum atomic E-state index is 0.376. The van der Waals surface area contributed by atoms with Gasteiger partial charge in [0, 0.05) is 11.5 Å². The van der Waals surface area contributed by atoms with Crippen molar-refractivity contribution in [2.75, 3.05) is 13.1 Å². The van der Waals surface area contributed by atoms with Crippen LogP contribution < -0.4 is 0 Å². The lowest BCUT2D eigenvalue weighted by molar-refractivity contribution is -0.00847. The first-order valence-corrected chi connectivity index (χ1v) is 8.31. The van der Waals surface area contributed by atoms with Gasteiger partial charge in [-0.3, -0.25) is 4.90 Å². The number of hydrogen-bond acceptors (Lipinski definition) is 2. The first-order chi connectivity index (χ1) is 9.74. The topological polar surface area (TPSA) is 23.5 Å². The molecule has 3 aliphatic rings. The van der Waals surface area contributed by atoms with Crippen LogP contribution in [-0.4, -0.2) is 29.1 Å². The molecule has 1 heterocycles. The predicted octanol–water partition coefficient (Wildman–Crippen LogP) is 3.47. The summed E-state index contributed by atoms with van der Waals surface area (Å²) in [5.74, 6) is 1.28. The molecule has 1 aromatic rings. The molecular weight excluding hydrogens is 246 g/mol. The Morgan fingerprint density at radius 1 is 1.30 bits per heavy atom. The Morgan fingerprint density at radius 2 is 2.20 bits per heavy atom. The van der Waals surface area contributed by atoms with Gasteiger partial charge in [-0.2, -0.15) is 0 Å². The van der Waals surface area contributed by atoms with E-state index in [1.807, 2.05) is 6.07 Å². The van der Waals surface area contributed by atoms with Crippen molar-refractivity contribution >= 4 is 0 Å². The minimum absolute atomic E-state index is 0.376. The maximum absolute atomic E-state index is 9.96. The number of phenols is 1. The van der Waals surface area contributed by atoms with E-state index >= 15 is 0 Å². The van der Waals surface area contributed by atoms with Crippen molar-refractivity contribution in [1.82, 2.24) is 4.90 Å². The van der Waals surface area contributed by atoms with Crippen LogP contribution in [0.3, 0.4) is 0 Å². The van der Waals surface area contributed by atoms with Crippen molar-refractivity contribution < 1.29 is 5.11 Å². The van der Waals surface area contributed by atoms with Crippen molar-refractivity contribution in [3.8, 4) is 5.75 Å². The highest BCUT2D eigenvalue weighted by Gasteiger charge is 2.53. The maximum Gasteiger partial charge on any atom is 0.115 e. The number of piperidine rings is 1. The summed E-state index contributed by atoms with van der Waals surface area (Å²) in [6, 6.07) is 6.89. The molecule has 2 unspecified atom stereocenters. The molecule has 2 aliphatic carbocycles. The lowest BCUT2D eigenvalue weighted by atomic mass is 9.52. The van der Waals surface area contributed by atoms with Crippen molar-refractivity contribution in [2.45, 2.75) is 56.9 Å². The van der Waals surface area contributed by atoms with Gasteiger partial charge in [0.05, 0.1) is 0 Å². The summed E-state index contributed by atoms with van der Waals surface area (Å²) in [5.41, 5.74) is 3.37. The smallest absolute Gasteiger partial charge is 0.115 e. The van der Waals surface area contributed by atoms with E-state index in [1.165, 1.54) is 62.7 Å². The van der Waals surface area contributed by atoms with Crippen LogP contribution >= 0.6 is 0 Å². The van der Waals surface area contributed by atoms with Crippen molar-refractivity contribution in [3.63, 3.8) is 0 Å². The second-order valence-electron chi connectivity index (χ2n) is 7.00. The molecule has 1 N–H and O–H groups in total. The molecule has 1 aliphatic heterocycles. The van der Waals surface area contributed by atoms with Gasteiger partial charge in [0.1, 0.15) is 5.75 Å². The first-order valence-electron chi connectivity index (χ1n) is 8.31. The zero-order valence-corrected chi connectivity index (χ0v) is 12.4. The number of likely N-dealkylation sites (tertiary alicyclic amines) is 1. The second kappa shape index (κ2) is 4.49. The van der Waals surface area contributed by atoms with Gasteiger partial charge in [-0.1, -0.05) is 25.8 Å². The lowest BCUT2D eigenvalue weighted by Crippen LogP contribution is -2.60. The fourth-order valence-electron chi connectivity index (χ4n) is 5.47. The van der Waals surface area contributed by atoms with Crippen LogP contribution in [0.4, 0.5) is 0 Å². The van der Waals surface area contributed by atoms with Crippen LogP contribution in [-0.2, 0) is 11.8 Å². The van der Waals surface area contributed by atoms with E-state index in [-0.39, 0.29) is 0 Å². The Labute approximate surface area is 121 Å². The largest absolute Gasteiger partial charge is 0.508 e. The van der Waals surface area contributed by atoms with E-state index in [9.17, 15) is 5.11 Å². The third-order valence-corrected chi connectivity index (χ3v) is 6.34. The molecule has 2 fully saturated rings. The van der Waals surface area contributed by atoms with Crippen LogP contribution in [0.5, 0.6) is 5.75 Å². The van der Waals surface area contributed by atoms with E-state index in [0.717, 1.165) is 12.0 Å². The molecule has 0 aromatic heterocycles. The number of likely N-dealkylation sites (N-methyl/N-ethyl adjacent to an activating group) is 1. The molecular formula is C18H25NO. The Balaban J connectivity index is 1.87. The van der Waals surface area contributed by atoms with E-state index in [1.54, 1.807) is 0 Å². The van der Waals surface area contributed by atoms with Gasteiger partial charge in [-0.15, -0.1) is 0 Å². The summed E-state index contributed by atoms with van der Waals surface area (Å²) in [7, 11) is 0. The van der Waals surface area contributed by atoms with Gasteiger partial charge < -0.3 is 5.11 Å². The zero-order valence-electron chi connectivity index (χ0n) is 12.4. The maximum atomic E-state index is 9.96. The number of rotatable bonds is 1. The number of aromatic hydroxyl groups is 1. The van der Waals surface area contributed by atoms with Crippen LogP contribution in [0.1, 0.15) is 50.2 Å². The standard InChI is InChI=1S/C18H25NO/c1-2-19-10-9-18-8-4-3-5-15(18)17(19)11-13-6-7-14(20)12-16(13)18/h6-7,12,15,17,20H,2-5,8-11H2,1H3/t15?,17-,18?/m1/s1. The quantitative estimate of drug-likeness (QED) is 0.845. The molecule has 3 atom stereocenters. The Hall–Kier alpha value is -1.02. The minimum Gasteiger partial charge on any atom is -0.508 e. The van der Waals surface area contributed by atoms with Crippen molar-refractivity contribution in [2.24, 2.45) is 5.92 Å². The Morgan fingerprint density at radius 3 is 3.05 bits per heavy atom. The van der Waals surface area contributed by atoms with E-state index in [0.29, 0.717) is 11.2 Å². The normalized spacial score (nSPS) is 36.2. The SMILES string of the molecule is CCN1CCC23CCCCC2[C@H]1Cc1ccc(O)cc13. The van der Waals surface area contributed by atoms with Gasteiger partial charge in [-0.05, 0) is 68.0 Å². The average molecular weight is 271 g/mol. The molecule has 108 valence electrons. The predicted molar refractivity (Wildman–Crippen MR) is 81.1 cm³/mol. The number of nitrogens with zero attached hydrogens (tertiary/aromatic N) is 1. The van der Waals surface area contributed by atoms with Crippen LogP contribution in [0.2, 0.25) is 0 Å². The third-order valence-electron chi connectivity index (χ3n) is 6.34. The zero-order chi connectivity index (χ0) is 13.7. The molecule has 0 radical (unpaired) electrons. The number of hydrogen-bond donors (Lipinski definition) is 1. The van der Waals surface area contributed by atoms with Crippen LogP contribution in [0, 0.1) is 5.92 Å². The molecule has 1 saturated carbocycles. The second-order valence-corrected chi connectivity index (χ2v) is 7.00. The van der Waals surface area contributed by atoms with Crippen molar-refractivity contribution in [3.05, 3.63) is 29.3 Å². The highest BCUT2D eigenvalue weighted by molar-refractivity contribution is 5.45. The van der Waals surface area contributed by atoms with Gasteiger partial charge in [0.2, 0.25) is 0 Å². The fraction of sp³-hybridized carbons (Fsp3) is 0.667. The summed E-state index contributed by atoms with van der Waals surface area (Å²) >= 11 is 0. The fourth-order valence-corrected chi connectivity index (χ4v) is 5.47. The molecule has 1 aromatic carbocycles. The third kappa shape index (κ3) is 1.60. The number of fused-ring (bicyclic) bond motifs is 1. The summed E-state index contributed by atoms with van der Waals surface area (Å²) in [4.78, 5) is 2.71. The Bertz CT molecular complexity index is 526. The summed E-state index contributed by atoms with van der Waals surface area (Å²) in [5, 5.41) is 9.96. The lowest BCUT2D eigenvalue weighted by Gasteiger charge is -2.59. The highest BCUT2D eigenvalue weighted by Crippen LogP contribution is 2.56. The monoisotopic (exact) mass is 271 g/mol. The molecule has 20 heavy (non-hydrogen) atoms. The van der Waals surface area contributed by atoms with Gasteiger partial charge in [-0.25, -0.2) is 0 Å². The molecule has 4 rings (SSSR count). The van der Waals surface area contributed by atoms with Gasteiger partial charge in [0.25, 0.3) is 0 Å². The average Bonchev–Trinajstić information content (AvgIpc) is 2.48. The van der Waals surface area contributed by atoms with Crippen molar-refractivity contribution in [1.29, 1.82) is 0 Å².